The Morgan fingerprint density at radius 2 is 1.40 bits per heavy atom. The highest BCUT2D eigenvalue weighted by molar-refractivity contribution is 5.84. The van der Waals surface area contributed by atoms with Crippen LogP contribution in [0.4, 0.5) is 0 Å². The molecule has 0 atom stereocenters. The average Bonchev–Trinajstić information content (AvgIpc) is 2.46. The average molecular weight is 202 g/mol. The predicted octanol–water partition coefficient (Wildman–Crippen LogP) is 2.14. The van der Waals surface area contributed by atoms with E-state index in [1.54, 1.807) is 12.4 Å². The van der Waals surface area contributed by atoms with Gasteiger partial charge in [-0.25, -0.2) is 0 Å². The van der Waals surface area contributed by atoms with Gasteiger partial charge in [-0.1, -0.05) is 0 Å². The molecule has 4 nitrogen and oxygen atoms in total. The van der Waals surface area contributed by atoms with Crippen LogP contribution in [0.1, 0.15) is 13.8 Å². The molecule has 0 amide bonds. The first-order chi connectivity index (χ1) is 7.14. The van der Waals surface area contributed by atoms with Crippen molar-refractivity contribution in [2.24, 2.45) is 0 Å². The summed E-state index contributed by atoms with van der Waals surface area (Å²) in [6, 6.07) is 3.85. The highest BCUT2D eigenvalue weighted by atomic mass is 16.7. The van der Waals surface area contributed by atoms with E-state index in [0.29, 0.717) is 0 Å². The summed E-state index contributed by atoms with van der Waals surface area (Å²) >= 11 is 0. The Labute approximate surface area is 86.8 Å². The Morgan fingerprint density at radius 3 is 1.87 bits per heavy atom. The molecule has 0 unspecified atom stereocenters. The van der Waals surface area contributed by atoms with Gasteiger partial charge in [0.1, 0.15) is 0 Å². The fourth-order valence-electron chi connectivity index (χ4n) is 1.72. The topological polar surface area (TPSA) is 44.2 Å². The van der Waals surface area contributed by atoms with Crippen molar-refractivity contribution in [1.29, 1.82) is 0 Å². The number of rotatable bonds is 0. The first-order valence-electron chi connectivity index (χ1n) is 4.76. The van der Waals surface area contributed by atoms with Gasteiger partial charge in [-0.05, 0) is 12.1 Å². The Kier molecular flexibility index (Phi) is 1.46. The first kappa shape index (κ1) is 8.47. The van der Waals surface area contributed by atoms with Gasteiger partial charge >= 0.3 is 0 Å². The maximum Gasteiger partial charge on any atom is 0.246 e. The van der Waals surface area contributed by atoms with E-state index in [4.69, 9.17) is 9.47 Å². The SMILES string of the molecule is CC1(C)Oc2cc3cnncc3cc2O1. The van der Waals surface area contributed by atoms with Crippen LogP contribution < -0.4 is 9.47 Å². The monoisotopic (exact) mass is 202 g/mol. The summed E-state index contributed by atoms with van der Waals surface area (Å²) in [6.07, 6.45) is 3.43. The molecule has 2 aromatic rings. The van der Waals surface area contributed by atoms with E-state index in [1.165, 1.54) is 0 Å². The maximum atomic E-state index is 5.63. The van der Waals surface area contributed by atoms with E-state index in [0.717, 1.165) is 22.3 Å². The summed E-state index contributed by atoms with van der Waals surface area (Å²) in [6.45, 7) is 3.77. The van der Waals surface area contributed by atoms with Gasteiger partial charge in [0.2, 0.25) is 5.79 Å². The Hall–Kier alpha value is -1.84. The second kappa shape index (κ2) is 2.59. The van der Waals surface area contributed by atoms with E-state index in [2.05, 4.69) is 10.2 Å². The molecule has 0 saturated heterocycles. The largest absolute Gasteiger partial charge is 0.449 e. The van der Waals surface area contributed by atoms with Crippen molar-refractivity contribution >= 4 is 10.8 Å². The van der Waals surface area contributed by atoms with Gasteiger partial charge in [0.05, 0.1) is 12.4 Å². The van der Waals surface area contributed by atoms with Crippen LogP contribution in [0.3, 0.4) is 0 Å². The fraction of sp³-hybridized carbons (Fsp3) is 0.273. The molecule has 76 valence electrons. The number of fused-ring (bicyclic) bond motifs is 2. The summed E-state index contributed by atoms with van der Waals surface area (Å²) < 4.78 is 11.3. The second-order valence-corrected chi connectivity index (χ2v) is 4.02. The number of benzene rings is 1. The van der Waals surface area contributed by atoms with E-state index < -0.39 is 5.79 Å². The molecule has 0 radical (unpaired) electrons. The van der Waals surface area contributed by atoms with Gasteiger partial charge in [0, 0.05) is 24.6 Å². The highest BCUT2D eigenvalue weighted by Gasteiger charge is 2.31. The molecular weight excluding hydrogens is 192 g/mol. The first-order valence-corrected chi connectivity index (χ1v) is 4.76. The normalized spacial score (nSPS) is 16.9. The number of nitrogens with zero attached hydrogens (tertiary/aromatic N) is 2. The lowest BCUT2D eigenvalue weighted by Crippen LogP contribution is -2.29. The van der Waals surface area contributed by atoms with Crippen LogP contribution >= 0.6 is 0 Å². The van der Waals surface area contributed by atoms with Crippen LogP contribution in [0.5, 0.6) is 11.5 Å². The van der Waals surface area contributed by atoms with Crippen molar-refractivity contribution in [3.05, 3.63) is 24.5 Å². The summed E-state index contributed by atoms with van der Waals surface area (Å²) in [5.41, 5.74) is 0. The van der Waals surface area contributed by atoms with Crippen LogP contribution in [-0.2, 0) is 0 Å². The molecule has 4 heteroatoms. The standard InChI is InChI=1S/C11H10N2O2/c1-11(2)14-9-3-7-5-12-13-6-8(7)4-10(9)15-11/h3-6H,1-2H3. The van der Waals surface area contributed by atoms with Crippen LogP contribution in [0.2, 0.25) is 0 Å². The minimum atomic E-state index is -0.583. The van der Waals surface area contributed by atoms with Crippen molar-refractivity contribution in [3.63, 3.8) is 0 Å². The zero-order valence-corrected chi connectivity index (χ0v) is 8.52. The van der Waals surface area contributed by atoms with Gasteiger partial charge in [-0.2, -0.15) is 10.2 Å². The van der Waals surface area contributed by atoms with Crippen LogP contribution in [-0.4, -0.2) is 16.0 Å². The Morgan fingerprint density at radius 1 is 0.933 bits per heavy atom. The molecule has 0 fully saturated rings. The second-order valence-electron chi connectivity index (χ2n) is 4.02. The Bertz CT molecular complexity index is 491. The van der Waals surface area contributed by atoms with Gasteiger partial charge in [-0.3, -0.25) is 0 Å². The van der Waals surface area contributed by atoms with Crippen LogP contribution in [0.25, 0.3) is 10.8 Å². The third-order valence-electron chi connectivity index (χ3n) is 2.32. The minimum absolute atomic E-state index is 0.583. The third kappa shape index (κ3) is 1.29. The van der Waals surface area contributed by atoms with E-state index in [9.17, 15) is 0 Å². The van der Waals surface area contributed by atoms with Gasteiger partial charge in [0.15, 0.2) is 11.5 Å². The number of hydrogen-bond acceptors (Lipinski definition) is 4. The van der Waals surface area contributed by atoms with Crippen molar-refractivity contribution in [1.82, 2.24) is 10.2 Å². The predicted molar refractivity (Wildman–Crippen MR) is 54.9 cm³/mol. The maximum absolute atomic E-state index is 5.63. The molecule has 0 aliphatic carbocycles. The lowest BCUT2D eigenvalue weighted by molar-refractivity contribution is -0.0431. The molecular formula is C11H10N2O2. The number of hydrogen-bond donors (Lipinski definition) is 0. The molecule has 1 aliphatic heterocycles. The molecule has 1 aromatic heterocycles. The van der Waals surface area contributed by atoms with Gasteiger partial charge in [-0.15, -0.1) is 0 Å². The molecule has 0 saturated carbocycles. The Balaban J connectivity index is 2.23. The van der Waals surface area contributed by atoms with Crippen molar-refractivity contribution in [2.75, 3.05) is 0 Å². The van der Waals surface area contributed by atoms with Crippen molar-refractivity contribution in [2.45, 2.75) is 19.6 Å². The zero-order valence-electron chi connectivity index (χ0n) is 8.52. The number of ether oxygens (including phenoxy) is 2. The summed E-state index contributed by atoms with van der Waals surface area (Å²) in [4.78, 5) is 0. The van der Waals surface area contributed by atoms with Gasteiger partial charge in [0.25, 0.3) is 0 Å². The minimum Gasteiger partial charge on any atom is -0.449 e. The van der Waals surface area contributed by atoms with E-state index >= 15 is 0 Å². The summed E-state index contributed by atoms with van der Waals surface area (Å²) in [5.74, 6) is 0.946. The molecule has 0 N–H and O–H groups in total. The van der Waals surface area contributed by atoms with Crippen LogP contribution in [0, 0.1) is 0 Å². The highest BCUT2D eigenvalue weighted by Crippen LogP contribution is 2.41. The quantitative estimate of drug-likeness (QED) is 0.656. The lowest BCUT2D eigenvalue weighted by atomic mass is 10.2. The number of aromatic nitrogens is 2. The van der Waals surface area contributed by atoms with Crippen molar-refractivity contribution in [3.8, 4) is 11.5 Å². The smallest absolute Gasteiger partial charge is 0.246 e. The molecule has 3 rings (SSSR count). The fourth-order valence-corrected chi connectivity index (χ4v) is 1.72. The molecule has 2 heterocycles. The zero-order chi connectivity index (χ0) is 10.5. The molecule has 1 aliphatic rings. The van der Waals surface area contributed by atoms with Crippen molar-refractivity contribution < 1.29 is 9.47 Å². The lowest BCUT2D eigenvalue weighted by Gasteiger charge is -2.16. The third-order valence-corrected chi connectivity index (χ3v) is 2.32. The molecule has 1 aromatic carbocycles. The van der Waals surface area contributed by atoms with E-state index in [-0.39, 0.29) is 0 Å². The van der Waals surface area contributed by atoms with E-state index in [1.807, 2.05) is 26.0 Å². The summed E-state index contributed by atoms with van der Waals surface area (Å²) in [7, 11) is 0. The summed E-state index contributed by atoms with van der Waals surface area (Å²) in [5, 5.41) is 9.67. The molecule has 0 spiro atoms. The molecule has 0 bridgehead atoms. The molecule has 15 heavy (non-hydrogen) atoms. The van der Waals surface area contributed by atoms with Gasteiger partial charge < -0.3 is 9.47 Å². The van der Waals surface area contributed by atoms with Crippen LogP contribution in [0.15, 0.2) is 24.5 Å².